The molecule has 0 radical (unpaired) electrons. The molecule has 4 aromatic rings. The number of fused-ring (bicyclic) bond motifs is 2. The summed E-state index contributed by atoms with van der Waals surface area (Å²) >= 11 is 0. The van der Waals surface area contributed by atoms with Crippen LogP contribution in [0.15, 0.2) is 61.4 Å². The number of halogens is 3. The van der Waals surface area contributed by atoms with Crippen molar-refractivity contribution in [3.63, 3.8) is 0 Å². The number of nitriles is 1. The van der Waals surface area contributed by atoms with Crippen LogP contribution in [-0.2, 0) is 19.6 Å². The lowest BCUT2D eigenvalue weighted by molar-refractivity contribution is -0.138. The van der Waals surface area contributed by atoms with Crippen molar-refractivity contribution in [3.05, 3.63) is 96.2 Å². The smallest absolute Gasteiger partial charge is 0.408 e. The molecule has 0 N–H and O–H groups in total. The number of benzene rings is 2. The summed E-state index contributed by atoms with van der Waals surface area (Å²) in [5.74, 6) is -0.606. The molecule has 1 aliphatic rings. The number of nitrogens with zero attached hydrogens (tertiary/aromatic N) is 4. The van der Waals surface area contributed by atoms with Crippen LogP contribution in [0.1, 0.15) is 34.7 Å². The van der Waals surface area contributed by atoms with Crippen LogP contribution in [0.4, 0.5) is 13.2 Å². The Morgan fingerprint density at radius 2 is 1.91 bits per heavy atom. The molecule has 0 unspecified atom stereocenters. The van der Waals surface area contributed by atoms with Crippen LogP contribution in [0.3, 0.4) is 0 Å². The molecule has 0 saturated heterocycles. The zero-order valence-electron chi connectivity index (χ0n) is 17.6. The van der Waals surface area contributed by atoms with Gasteiger partial charge in [0.2, 0.25) is 0 Å². The Hall–Kier alpha value is -4.33. The zero-order valence-corrected chi connectivity index (χ0v) is 17.6. The minimum atomic E-state index is -4.57. The van der Waals surface area contributed by atoms with Gasteiger partial charge in [-0.1, -0.05) is 12.1 Å². The second-order valence-electron chi connectivity index (χ2n) is 7.99. The maximum absolute atomic E-state index is 13.5. The second kappa shape index (κ2) is 7.34. The molecule has 8 nitrogen and oxygen atoms in total. The third kappa shape index (κ3) is 3.10. The van der Waals surface area contributed by atoms with Crippen LogP contribution in [-0.4, -0.2) is 13.7 Å². The molecule has 0 bridgehead atoms. The lowest BCUT2D eigenvalue weighted by atomic mass is 10.0. The zero-order chi connectivity index (χ0) is 24.4. The first-order chi connectivity index (χ1) is 16.1. The van der Waals surface area contributed by atoms with Crippen molar-refractivity contribution in [2.24, 2.45) is 7.05 Å². The Bertz CT molecular complexity index is 1700. The van der Waals surface area contributed by atoms with E-state index in [0.29, 0.717) is 5.52 Å². The first-order valence-electron chi connectivity index (χ1n) is 10.2. The third-order valence-electron chi connectivity index (χ3n) is 6.15. The largest absolute Gasteiger partial charge is 0.419 e. The topological polar surface area (TPSA) is 103 Å². The van der Waals surface area contributed by atoms with E-state index < -0.39 is 34.8 Å². The Morgan fingerprint density at radius 1 is 1.15 bits per heavy atom. The van der Waals surface area contributed by atoms with Gasteiger partial charge in [-0.3, -0.25) is 18.5 Å². The summed E-state index contributed by atoms with van der Waals surface area (Å²) in [7, 11) is 1.51. The molecule has 2 aromatic carbocycles. The van der Waals surface area contributed by atoms with Crippen LogP contribution in [0, 0.1) is 11.3 Å². The van der Waals surface area contributed by atoms with Gasteiger partial charge in [-0.05, 0) is 42.2 Å². The van der Waals surface area contributed by atoms with Gasteiger partial charge in [0.1, 0.15) is 11.6 Å². The molecule has 0 aliphatic heterocycles. The van der Waals surface area contributed by atoms with Crippen molar-refractivity contribution in [1.82, 2.24) is 13.7 Å². The number of aryl methyl sites for hydroxylation is 1. The molecule has 1 aliphatic carbocycles. The summed E-state index contributed by atoms with van der Waals surface area (Å²) in [6, 6.07) is 8.94. The van der Waals surface area contributed by atoms with E-state index in [4.69, 9.17) is 4.42 Å². The van der Waals surface area contributed by atoms with Gasteiger partial charge in [-0.15, -0.1) is 0 Å². The van der Waals surface area contributed by atoms with Crippen molar-refractivity contribution >= 4 is 11.1 Å². The van der Waals surface area contributed by atoms with Gasteiger partial charge in [0, 0.05) is 19.3 Å². The number of hydrogen-bond acceptors (Lipinski definition) is 5. The molecule has 0 spiro atoms. The number of rotatable bonds is 2. The quantitative estimate of drug-likeness (QED) is 0.450. The van der Waals surface area contributed by atoms with Gasteiger partial charge in [0.25, 0.3) is 5.56 Å². The highest BCUT2D eigenvalue weighted by atomic mass is 19.4. The maximum atomic E-state index is 13.5. The fraction of sp³-hybridized carbons (Fsp3) is 0.217. The van der Waals surface area contributed by atoms with Crippen molar-refractivity contribution in [1.29, 1.82) is 5.26 Å². The van der Waals surface area contributed by atoms with Crippen molar-refractivity contribution in [2.45, 2.75) is 25.1 Å². The van der Waals surface area contributed by atoms with Crippen LogP contribution in [0.25, 0.3) is 16.8 Å². The minimum Gasteiger partial charge on any atom is -0.408 e. The van der Waals surface area contributed by atoms with E-state index >= 15 is 0 Å². The Morgan fingerprint density at radius 3 is 2.62 bits per heavy atom. The summed E-state index contributed by atoms with van der Waals surface area (Å²) in [6.45, 7) is 0. The number of oxazole rings is 1. The number of aromatic nitrogens is 3. The highest BCUT2D eigenvalue weighted by Crippen LogP contribution is 2.41. The first-order valence-corrected chi connectivity index (χ1v) is 10.2. The molecule has 5 rings (SSSR count). The third-order valence-corrected chi connectivity index (χ3v) is 6.15. The molecule has 0 amide bonds. The average molecular weight is 468 g/mol. The predicted molar refractivity (Wildman–Crippen MR) is 114 cm³/mol. The van der Waals surface area contributed by atoms with Gasteiger partial charge >= 0.3 is 17.6 Å². The molecule has 34 heavy (non-hydrogen) atoms. The molecule has 2 aromatic heterocycles. The molecule has 1 atom stereocenters. The van der Waals surface area contributed by atoms with Gasteiger partial charge in [0.05, 0.1) is 22.8 Å². The van der Waals surface area contributed by atoms with Gasteiger partial charge in [0.15, 0.2) is 5.58 Å². The van der Waals surface area contributed by atoms with Gasteiger partial charge in [-0.25, -0.2) is 9.59 Å². The van der Waals surface area contributed by atoms with Gasteiger partial charge in [-0.2, -0.15) is 18.4 Å². The molecule has 0 fully saturated rings. The van der Waals surface area contributed by atoms with E-state index in [2.05, 4.69) is 0 Å². The lowest BCUT2D eigenvalue weighted by Gasteiger charge is -2.18. The van der Waals surface area contributed by atoms with E-state index in [0.717, 1.165) is 21.4 Å². The molecular formula is C23H15F3N4O4. The number of alkyl halides is 3. The number of hydrogen-bond donors (Lipinski definition) is 0. The molecule has 0 saturated carbocycles. The normalized spacial score (nSPS) is 15.4. The molecule has 172 valence electrons. The van der Waals surface area contributed by atoms with E-state index in [-0.39, 0.29) is 40.8 Å². The van der Waals surface area contributed by atoms with Gasteiger partial charge < -0.3 is 4.42 Å². The van der Waals surface area contributed by atoms with Crippen LogP contribution in [0.2, 0.25) is 0 Å². The van der Waals surface area contributed by atoms with Crippen molar-refractivity contribution < 1.29 is 17.6 Å². The van der Waals surface area contributed by atoms with E-state index in [1.165, 1.54) is 35.9 Å². The maximum Gasteiger partial charge on any atom is 0.419 e. The highest BCUT2D eigenvalue weighted by molar-refractivity contribution is 5.75. The first kappa shape index (κ1) is 21.5. The van der Waals surface area contributed by atoms with Crippen LogP contribution < -0.4 is 17.0 Å². The average Bonchev–Trinajstić information content (AvgIpc) is 3.34. The summed E-state index contributed by atoms with van der Waals surface area (Å²) < 4.78 is 48.8. The van der Waals surface area contributed by atoms with E-state index in [9.17, 15) is 32.8 Å². The molecule has 2 heterocycles. The molecular weight excluding hydrogens is 453 g/mol. The second-order valence-corrected chi connectivity index (χ2v) is 7.99. The lowest BCUT2D eigenvalue weighted by Crippen LogP contribution is -2.42. The highest BCUT2D eigenvalue weighted by Gasteiger charge is 2.38. The molecule has 11 heteroatoms. The summed E-state index contributed by atoms with van der Waals surface area (Å²) in [4.78, 5) is 38.2. The summed E-state index contributed by atoms with van der Waals surface area (Å²) in [5.41, 5.74) is -1.72. The fourth-order valence-corrected chi connectivity index (χ4v) is 4.55. The van der Waals surface area contributed by atoms with E-state index in [1.54, 1.807) is 12.1 Å². The van der Waals surface area contributed by atoms with Crippen LogP contribution >= 0.6 is 0 Å². The van der Waals surface area contributed by atoms with Crippen molar-refractivity contribution in [3.8, 4) is 11.8 Å². The monoisotopic (exact) mass is 468 g/mol. The van der Waals surface area contributed by atoms with Crippen molar-refractivity contribution in [2.75, 3.05) is 0 Å². The SMILES string of the molecule is Cn1c(=O)oc2cc(-n3cc(C#N)c(=O)n([C@@H]4CCc5c4cccc5C(F)(F)F)c3=O)ccc21. The standard InChI is InChI=1S/C23H15F3N4O4/c1-28-18-7-5-13(9-19(18)34-22(28)33)29-11-12(10-27)20(31)30(21(29)32)17-8-6-14-15(17)3-2-4-16(14)23(24,25)26/h2-5,7,9,11,17H,6,8H2,1H3/t17-/m1/s1. The summed E-state index contributed by atoms with van der Waals surface area (Å²) in [6.07, 6.45) is -3.38. The minimum absolute atomic E-state index is 0.0273. The Kier molecular flexibility index (Phi) is 4.65. The predicted octanol–water partition coefficient (Wildman–Crippen LogP) is 2.87. The Balaban J connectivity index is 1.74. The Labute approximate surface area is 188 Å². The van der Waals surface area contributed by atoms with E-state index in [1.807, 2.05) is 0 Å². The van der Waals surface area contributed by atoms with Crippen LogP contribution in [0.5, 0.6) is 0 Å². The summed E-state index contributed by atoms with van der Waals surface area (Å²) in [5, 5.41) is 9.51. The fourth-order valence-electron chi connectivity index (χ4n) is 4.55.